The highest BCUT2D eigenvalue weighted by Gasteiger charge is 2.18. The molecule has 2 aromatic rings. The first-order chi connectivity index (χ1) is 8.77. The van der Waals surface area contributed by atoms with Crippen LogP contribution in [0.2, 0.25) is 0 Å². The summed E-state index contributed by atoms with van der Waals surface area (Å²) in [4.78, 5) is 4.17. The van der Waals surface area contributed by atoms with Crippen LogP contribution in [0.3, 0.4) is 0 Å². The Kier molecular flexibility index (Phi) is 4.07. The quantitative estimate of drug-likeness (QED) is 0.619. The topological polar surface area (TPSA) is 68.8 Å². The second kappa shape index (κ2) is 5.75. The molecule has 5 nitrogen and oxygen atoms in total. The van der Waals surface area contributed by atoms with Gasteiger partial charge in [0.05, 0.1) is 11.7 Å². The second-order valence-electron chi connectivity index (χ2n) is 4.31. The zero-order valence-corrected chi connectivity index (χ0v) is 10.8. The van der Waals surface area contributed by atoms with Crippen LogP contribution < -0.4 is 11.3 Å². The average Bonchev–Trinajstić information content (AvgIpc) is 2.82. The summed E-state index contributed by atoms with van der Waals surface area (Å²) in [7, 11) is 0. The number of pyridine rings is 1. The van der Waals surface area contributed by atoms with Crippen molar-refractivity contribution in [2.45, 2.75) is 32.9 Å². The van der Waals surface area contributed by atoms with Crippen LogP contribution in [0.1, 0.15) is 36.2 Å². The largest absolute Gasteiger partial charge is 0.271 e. The van der Waals surface area contributed by atoms with Crippen molar-refractivity contribution >= 4 is 0 Å². The van der Waals surface area contributed by atoms with Crippen molar-refractivity contribution in [2.75, 3.05) is 0 Å². The van der Waals surface area contributed by atoms with Crippen LogP contribution in [-0.2, 0) is 6.54 Å². The molecule has 0 saturated carbocycles. The highest BCUT2D eigenvalue weighted by atomic mass is 15.3. The highest BCUT2D eigenvalue weighted by Crippen LogP contribution is 2.23. The summed E-state index contributed by atoms with van der Waals surface area (Å²) in [5, 5.41) is 4.33. The maximum Gasteiger partial charge on any atom is 0.0895 e. The zero-order valence-electron chi connectivity index (χ0n) is 10.8. The molecule has 5 heteroatoms. The molecule has 0 aliphatic rings. The molecule has 2 rings (SSSR count). The molecular formula is C13H19N5. The van der Waals surface area contributed by atoms with E-state index >= 15 is 0 Å². The third kappa shape index (κ3) is 2.42. The normalized spacial score (nSPS) is 12.6. The predicted octanol–water partition coefficient (Wildman–Crippen LogP) is 1.55. The van der Waals surface area contributed by atoms with E-state index in [0.29, 0.717) is 0 Å². The van der Waals surface area contributed by atoms with Crippen LogP contribution in [0.4, 0.5) is 0 Å². The molecule has 0 aliphatic carbocycles. The Morgan fingerprint density at radius 3 is 2.89 bits per heavy atom. The minimum atomic E-state index is -0.0762. The van der Waals surface area contributed by atoms with E-state index in [4.69, 9.17) is 5.84 Å². The first-order valence-electron chi connectivity index (χ1n) is 6.16. The molecule has 0 spiro atoms. The third-order valence-electron chi connectivity index (χ3n) is 3.04. The second-order valence-corrected chi connectivity index (χ2v) is 4.31. The van der Waals surface area contributed by atoms with Crippen molar-refractivity contribution in [2.24, 2.45) is 5.84 Å². The van der Waals surface area contributed by atoms with E-state index in [1.54, 1.807) is 12.4 Å². The van der Waals surface area contributed by atoms with Gasteiger partial charge in [0.2, 0.25) is 0 Å². The first kappa shape index (κ1) is 12.7. The van der Waals surface area contributed by atoms with E-state index in [-0.39, 0.29) is 6.04 Å². The van der Waals surface area contributed by atoms with Crippen LogP contribution >= 0.6 is 0 Å². The molecular weight excluding hydrogens is 226 g/mol. The highest BCUT2D eigenvalue weighted by molar-refractivity contribution is 5.31. The molecule has 0 amide bonds. The number of rotatable bonds is 5. The molecule has 1 unspecified atom stereocenters. The van der Waals surface area contributed by atoms with Crippen LogP contribution in [-0.4, -0.2) is 14.8 Å². The summed E-state index contributed by atoms with van der Waals surface area (Å²) >= 11 is 0. The van der Waals surface area contributed by atoms with Crippen molar-refractivity contribution in [1.29, 1.82) is 0 Å². The lowest BCUT2D eigenvalue weighted by Gasteiger charge is -2.19. The Balaban J connectivity index is 2.39. The van der Waals surface area contributed by atoms with Gasteiger partial charge in [0.1, 0.15) is 0 Å². The molecule has 2 heterocycles. The van der Waals surface area contributed by atoms with Gasteiger partial charge in [-0.05, 0) is 36.6 Å². The lowest BCUT2D eigenvalue weighted by atomic mass is 10.0. The SMILES string of the molecule is CCCn1nccc1C(NN)c1cnccc1C. The van der Waals surface area contributed by atoms with Crippen molar-refractivity contribution < 1.29 is 0 Å². The minimum absolute atomic E-state index is 0.0762. The van der Waals surface area contributed by atoms with Gasteiger partial charge in [0.15, 0.2) is 0 Å². The van der Waals surface area contributed by atoms with Gasteiger partial charge in [-0.25, -0.2) is 5.43 Å². The number of aromatic nitrogens is 3. The van der Waals surface area contributed by atoms with E-state index in [0.717, 1.165) is 29.8 Å². The number of nitrogens with two attached hydrogens (primary N) is 1. The van der Waals surface area contributed by atoms with Gasteiger partial charge in [0, 0.05) is 25.1 Å². The van der Waals surface area contributed by atoms with Crippen molar-refractivity contribution in [3.63, 3.8) is 0 Å². The van der Waals surface area contributed by atoms with E-state index in [2.05, 4.69) is 29.4 Å². The van der Waals surface area contributed by atoms with Gasteiger partial charge in [-0.15, -0.1) is 0 Å². The Morgan fingerprint density at radius 2 is 2.22 bits per heavy atom. The van der Waals surface area contributed by atoms with Gasteiger partial charge < -0.3 is 0 Å². The van der Waals surface area contributed by atoms with Gasteiger partial charge >= 0.3 is 0 Å². The summed E-state index contributed by atoms with van der Waals surface area (Å²) in [6.45, 7) is 5.08. The fourth-order valence-corrected chi connectivity index (χ4v) is 2.10. The molecule has 0 radical (unpaired) electrons. The van der Waals surface area contributed by atoms with Crippen molar-refractivity contribution in [1.82, 2.24) is 20.2 Å². The summed E-state index contributed by atoms with van der Waals surface area (Å²) in [6.07, 6.45) is 6.48. The fraction of sp³-hybridized carbons (Fsp3) is 0.385. The van der Waals surface area contributed by atoms with Crippen LogP contribution in [0, 0.1) is 6.92 Å². The molecule has 0 aliphatic heterocycles. The molecule has 0 fully saturated rings. The van der Waals surface area contributed by atoms with Crippen LogP contribution in [0.25, 0.3) is 0 Å². The molecule has 3 N–H and O–H groups in total. The Hall–Kier alpha value is -1.72. The maximum atomic E-state index is 5.71. The number of nitrogens with zero attached hydrogens (tertiary/aromatic N) is 3. The third-order valence-corrected chi connectivity index (χ3v) is 3.04. The molecule has 18 heavy (non-hydrogen) atoms. The number of hydrogen-bond acceptors (Lipinski definition) is 4. The molecule has 2 aromatic heterocycles. The minimum Gasteiger partial charge on any atom is -0.271 e. The molecule has 0 saturated heterocycles. The lowest BCUT2D eigenvalue weighted by Crippen LogP contribution is -2.31. The lowest BCUT2D eigenvalue weighted by molar-refractivity contribution is 0.519. The van der Waals surface area contributed by atoms with Gasteiger partial charge in [-0.3, -0.25) is 15.5 Å². The summed E-state index contributed by atoms with van der Waals surface area (Å²) in [5.41, 5.74) is 6.17. The van der Waals surface area contributed by atoms with Gasteiger partial charge in [-0.1, -0.05) is 6.92 Å². The van der Waals surface area contributed by atoms with Gasteiger partial charge in [0.25, 0.3) is 0 Å². The summed E-state index contributed by atoms with van der Waals surface area (Å²) in [5.74, 6) is 5.71. The van der Waals surface area contributed by atoms with Crippen LogP contribution in [0.15, 0.2) is 30.7 Å². The molecule has 0 aromatic carbocycles. The van der Waals surface area contributed by atoms with Crippen molar-refractivity contribution in [3.8, 4) is 0 Å². The zero-order chi connectivity index (χ0) is 13.0. The summed E-state index contributed by atoms with van der Waals surface area (Å²) < 4.78 is 1.98. The van der Waals surface area contributed by atoms with Crippen molar-refractivity contribution in [3.05, 3.63) is 47.5 Å². The standard InChI is InChI=1S/C13H19N5/c1-3-8-18-12(5-7-16-18)13(17-14)11-9-15-6-4-10(11)2/h4-7,9,13,17H,3,8,14H2,1-2H3. The van der Waals surface area contributed by atoms with Gasteiger partial charge in [-0.2, -0.15) is 5.10 Å². The average molecular weight is 245 g/mol. The Morgan fingerprint density at radius 1 is 1.39 bits per heavy atom. The molecule has 1 atom stereocenters. The Bertz CT molecular complexity index is 506. The van der Waals surface area contributed by atoms with E-state index in [1.807, 2.05) is 23.0 Å². The fourth-order valence-electron chi connectivity index (χ4n) is 2.10. The van der Waals surface area contributed by atoms with Crippen LogP contribution in [0.5, 0.6) is 0 Å². The number of aryl methyl sites for hydroxylation is 2. The predicted molar refractivity (Wildman–Crippen MR) is 70.7 cm³/mol. The van der Waals surface area contributed by atoms with E-state index < -0.39 is 0 Å². The Labute approximate surface area is 107 Å². The monoisotopic (exact) mass is 245 g/mol. The first-order valence-corrected chi connectivity index (χ1v) is 6.16. The van der Waals surface area contributed by atoms with E-state index in [9.17, 15) is 0 Å². The maximum absolute atomic E-state index is 5.71. The number of hydrazine groups is 1. The summed E-state index contributed by atoms with van der Waals surface area (Å²) in [6, 6.07) is 3.90. The molecule has 0 bridgehead atoms. The molecule has 96 valence electrons. The number of nitrogens with one attached hydrogen (secondary N) is 1. The number of hydrogen-bond donors (Lipinski definition) is 2. The smallest absolute Gasteiger partial charge is 0.0895 e. The van der Waals surface area contributed by atoms with E-state index in [1.165, 1.54) is 0 Å².